The van der Waals surface area contributed by atoms with Crippen molar-refractivity contribution in [2.45, 2.75) is 13.2 Å². The Hall–Kier alpha value is -3.22. The third-order valence-corrected chi connectivity index (χ3v) is 3.59. The van der Waals surface area contributed by atoms with Crippen LogP contribution in [0.3, 0.4) is 0 Å². The van der Waals surface area contributed by atoms with E-state index in [1.54, 1.807) is 18.0 Å². The van der Waals surface area contributed by atoms with Crippen molar-refractivity contribution in [3.8, 4) is 11.5 Å². The van der Waals surface area contributed by atoms with Gasteiger partial charge in [-0.1, -0.05) is 23.4 Å². The van der Waals surface area contributed by atoms with Gasteiger partial charge < -0.3 is 9.47 Å². The molecule has 25 heavy (non-hydrogen) atoms. The highest BCUT2D eigenvalue weighted by atomic mass is 19.1. The van der Waals surface area contributed by atoms with Crippen LogP contribution in [0.15, 0.2) is 48.7 Å². The van der Waals surface area contributed by atoms with Crippen molar-refractivity contribution >= 4 is 6.29 Å². The van der Waals surface area contributed by atoms with Crippen LogP contribution >= 0.6 is 0 Å². The molecule has 128 valence electrons. The standard InChI is InChI=1S/C18H16FN3O3/c1-24-17-5-3-2-4-13(17)9-22-10-16(20-21-22)12-25-18-8-15(19)7-6-14(18)11-23/h2-8,10-11H,9,12H2,1H3. The molecule has 7 heteroatoms. The Bertz CT molecular complexity index is 880. The second-order valence-electron chi connectivity index (χ2n) is 5.31. The van der Waals surface area contributed by atoms with Crippen molar-refractivity contribution in [2.24, 2.45) is 0 Å². The SMILES string of the molecule is COc1ccccc1Cn1cc(COc2cc(F)ccc2C=O)nn1. The fourth-order valence-electron chi connectivity index (χ4n) is 2.37. The number of benzene rings is 2. The number of para-hydroxylation sites is 1. The maximum atomic E-state index is 13.3. The van der Waals surface area contributed by atoms with Gasteiger partial charge >= 0.3 is 0 Å². The Morgan fingerprint density at radius 3 is 2.84 bits per heavy atom. The van der Waals surface area contributed by atoms with Gasteiger partial charge in [0.05, 0.1) is 25.4 Å². The van der Waals surface area contributed by atoms with Gasteiger partial charge in [0.25, 0.3) is 0 Å². The minimum Gasteiger partial charge on any atom is -0.496 e. The molecule has 6 nitrogen and oxygen atoms in total. The van der Waals surface area contributed by atoms with E-state index in [1.165, 1.54) is 18.2 Å². The average molecular weight is 341 g/mol. The van der Waals surface area contributed by atoms with Gasteiger partial charge in [0.1, 0.15) is 29.6 Å². The molecule has 0 bridgehead atoms. The number of nitrogens with zero attached hydrogens (tertiary/aromatic N) is 3. The van der Waals surface area contributed by atoms with E-state index in [1.807, 2.05) is 24.3 Å². The molecule has 3 aromatic rings. The van der Waals surface area contributed by atoms with Gasteiger partial charge in [0.15, 0.2) is 6.29 Å². The zero-order valence-electron chi connectivity index (χ0n) is 13.6. The zero-order chi connectivity index (χ0) is 17.6. The maximum absolute atomic E-state index is 13.3. The molecule has 0 saturated carbocycles. The number of methoxy groups -OCH3 is 1. The lowest BCUT2D eigenvalue weighted by Crippen LogP contribution is -2.02. The highest BCUT2D eigenvalue weighted by Crippen LogP contribution is 2.20. The lowest BCUT2D eigenvalue weighted by atomic mass is 10.2. The largest absolute Gasteiger partial charge is 0.496 e. The minimum atomic E-state index is -0.472. The van der Waals surface area contributed by atoms with Gasteiger partial charge in [-0.2, -0.15) is 0 Å². The van der Waals surface area contributed by atoms with Crippen LogP contribution in [-0.4, -0.2) is 28.4 Å². The van der Waals surface area contributed by atoms with Crippen molar-refractivity contribution < 1.29 is 18.7 Å². The number of ether oxygens (including phenoxy) is 2. The number of aldehydes is 1. The molecule has 1 aromatic heterocycles. The van der Waals surface area contributed by atoms with Gasteiger partial charge in [-0.05, 0) is 18.2 Å². The van der Waals surface area contributed by atoms with Crippen molar-refractivity contribution in [3.63, 3.8) is 0 Å². The van der Waals surface area contributed by atoms with Crippen molar-refractivity contribution in [1.82, 2.24) is 15.0 Å². The lowest BCUT2D eigenvalue weighted by molar-refractivity contribution is 0.111. The smallest absolute Gasteiger partial charge is 0.153 e. The Kier molecular flexibility index (Phi) is 5.03. The Morgan fingerprint density at radius 1 is 1.20 bits per heavy atom. The molecular weight excluding hydrogens is 325 g/mol. The quantitative estimate of drug-likeness (QED) is 0.618. The maximum Gasteiger partial charge on any atom is 0.153 e. The fourth-order valence-corrected chi connectivity index (χ4v) is 2.37. The van der Waals surface area contributed by atoms with Crippen LogP contribution in [0.25, 0.3) is 0 Å². The van der Waals surface area contributed by atoms with Gasteiger partial charge in [-0.3, -0.25) is 4.79 Å². The molecule has 0 aliphatic rings. The second kappa shape index (κ2) is 7.57. The van der Waals surface area contributed by atoms with Crippen LogP contribution in [0.1, 0.15) is 21.6 Å². The summed E-state index contributed by atoms with van der Waals surface area (Å²) in [6, 6.07) is 11.4. The van der Waals surface area contributed by atoms with Crippen LogP contribution in [0.5, 0.6) is 11.5 Å². The molecule has 0 saturated heterocycles. The first-order chi connectivity index (χ1) is 12.2. The molecule has 0 aliphatic heterocycles. The lowest BCUT2D eigenvalue weighted by Gasteiger charge is -2.07. The minimum absolute atomic E-state index is 0.0796. The molecule has 0 N–H and O–H groups in total. The van der Waals surface area contributed by atoms with Crippen molar-refractivity contribution in [2.75, 3.05) is 7.11 Å². The summed E-state index contributed by atoms with van der Waals surface area (Å²) in [5.41, 5.74) is 1.81. The summed E-state index contributed by atoms with van der Waals surface area (Å²) < 4.78 is 25.7. The molecule has 0 aliphatic carbocycles. The van der Waals surface area contributed by atoms with Crippen LogP contribution < -0.4 is 9.47 Å². The van der Waals surface area contributed by atoms with E-state index in [0.29, 0.717) is 18.5 Å². The van der Waals surface area contributed by atoms with E-state index >= 15 is 0 Å². The van der Waals surface area contributed by atoms with E-state index in [-0.39, 0.29) is 17.9 Å². The van der Waals surface area contributed by atoms with Gasteiger partial charge in [0.2, 0.25) is 0 Å². The monoisotopic (exact) mass is 341 g/mol. The Morgan fingerprint density at radius 2 is 2.04 bits per heavy atom. The van der Waals surface area contributed by atoms with Gasteiger partial charge in [-0.15, -0.1) is 5.10 Å². The van der Waals surface area contributed by atoms with E-state index < -0.39 is 5.82 Å². The van der Waals surface area contributed by atoms with Crippen LogP contribution in [0.4, 0.5) is 4.39 Å². The average Bonchev–Trinajstić information content (AvgIpc) is 3.08. The first kappa shape index (κ1) is 16.6. The van der Waals surface area contributed by atoms with E-state index in [0.717, 1.165) is 11.3 Å². The first-order valence-electron chi connectivity index (χ1n) is 7.58. The summed E-state index contributed by atoms with van der Waals surface area (Å²) in [6.07, 6.45) is 2.35. The molecule has 3 rings (SSSR count). The summed E-state index contributed by atoms with van der Waals surface area (Å²) in [4.78, 5) is 11.0. The van der Waals surface area contributed by atoms with Gasteiger partial charge in [0, 0.05) is 11.6 Å². The molecule has 0 spiro atoms. The van der Waals surface area contributed by atoms with E-state index in [9.17, 15) is 9.18 Å². The van der Waals surface area contributed by atoms with Crippen molar-refractivity contribution in [1.29, 1.82) is 0 Å². The summed E-state index contributed by atoms with van der Waals surface area (Å²) in [5.74, 6) is 0.473. The number of halogens is 1. The number of hydrogen-bond acceptors (Lipinski definition) is 5. The van der Waals surface area contributed by atoms with E-state index in [4.69, 9.17) is 9.47 Å². The predicted molar refractivity (Wildman–Crippen MR) is 88.2 cm³/mol. The number of hydrogen-bond donors (Lipinski definition) is 0. The number of rotatable bonds is 7. The molecule has 0 fully saturated rings. The summed E-state index contributed by atoms with van der Waals surface area (Å²) >= 11 is 0. The van der Waals surface area contributed by atoms with Crippen LogP contribution in [0.2, 0.25) is 0 Å². The van der Waals surface area contributed by atoms with Gasteiger partial charge in [-0.25, -0.2) is 9.07 Å². The van der Waals surface area contributed by atoms with Crippen molar-refractivity contribution in [3.05, 3.63) is 71.3 Å². The number of carbonyl (C=O) groups is 1. The highest BCUT2D eigenvalue weighted by Gasteiger charge is 2.09. The normalized spacial score (nSPS) is 10.5. The predicted octanol–water partition coefficient (Wildman–Crippen LogP) is 2.87. The first-order valence-corrected chi connectivity index (χ1v) is 7.58. The third-order valence-electron chi connectivity index (χ3n) is 3.59. The topological polar surface area (TPSA) is 66.2 Å². The second-order valence-corrected chi connectivity index (χ2v) is 5.31. The van der Waals surface area contributed by atoms with Crippen LogP contribution in [0, 0.1) is 5.82 Å². The van der Waals surface area contributed by atoms with Crippen LogP contribution in [-0.2, 0) is 13.2 Å². The molecule has 0 radical (unpaired) electrons. The number of carbonyl (C=O) groups excluding carboxylic acids is 1. The summed E-state index contributed by atoms with van der Waals surface area (Å²) in [6.45, 7) is 0.576. The number of aromatic nitrogens is 3. The molecule has 0 unspecified atom stereocenters. The summed E-state index contributed by atoms with van der Waals surface area (Å²) in [5, 5.41) is 8.07. The fraction of sp³-hybridized carbons (Fsp3) is 0.167. The third kappa shape index (κ3) is 4.00. The Balaban J connectivity index is 1.68. The molecule has 0 atom stereocenters. The molecule has 1 heterocycles. The molecule has 0 amide bonds. The molecule has 2 aromatic carbocycles. The van der Waals surface area contributed by atoms with E-state index in [2.05, 4.69) is 10.3 Å². The highest BCUT2D eigenvalue weighted by molar-refractivity contribution is 5.79. The molecular formula is C18H16FN3O3. The summed E-state index contributed by atoms with van der Waals surface area (Å²) in [7, 11) is 1.61. The zero-order valence-corrected chi connectivity index (χ0v) is 13.6. The Labute approximate surface area is 143 Å².